The van der Waals surface area contributed by atoms with Gasteiger partial charge in [-0.25, -0.2) is 8.42 Å². The zero-order valence-electron chi connectivity index (χ0n) is 21.2. The minimum Gasteiger partial charge on any atom is -0.352 e. The molecule has 2 amide bonds. The van der Waals surface area contributed by atoms with Crippen LogP contribution in [0.15, 0.2) is 48.5 Å². The predicted molar refractivity (Wildman–Crippen MR) is 144 cm³/mol. The van der Waals surface area contributed by atoms with Gasteiger partial charge in [0.05, 0.1) is 11.9 Å². The Hall–Kier alpha value is -2.58. The average Bonchev–Trinajstić information content (AvgIpc) is 2.85. The summed E-state index contributed by atoms with van der Waals surface area (Å²) in [5, 5.41) is 3.62. The maximum absolute atomic E-state index is 13.7. The van der Waals surface area contributed by atoms with E-state index < -0.39 is 28.5 Å². The van der Waals surface area contributed by atoms with Crippen molar-refractivity contribution in [1.82, 2.24) is 10.2 Å². The van der Waals surface area contributed by atoms with E-state index in [-0.39, 0.29) is 18.5 Å². The van der Waals surface area contributed by atoms with Crippen molar-refractivity contribution in [3.63, 3.8) is 0 Å². The van der Waals surface area contributed by atoms with E-state index >= 15 is 0 Å². The Labute approximate surface area is 219 Å². The van der Waals surface area contributed by atoms with Crippen molar-refractivity contribution in [3.8, 4) is 0 Å². The maximum atomic E-state index is 13.7. The normalized spacial score (nSPS) is 15.2. The molecule has 0 radical (unpaired) electrons. The Kier molecular flexibility index (Phi) is 9.79. The van der Waals surface area contributed by atoms with E-state index in [4.69, 9.17) is 11.6 Å². The van der Waals surface area contributed by atoms with Crippen LogP contribution in [-0.4, -0.2) is 50.0 Å². The van der Waals surface area contributed by atoms with Crippen LogP contribution in [0.3, 0.4) is 0 Å². The first-order valence-corrected chi connectivity index (χ1v) is 14.7. The molecule has 36 heavy (non-hydrogen) atoms. The molecule has 1 atom stereocenters. The van der Waals surface area contributed by atoms with E-state index in [0.29, 0.717) is 17.1 Å². The van der Waals surface area contributed by atoms with Gasteiger partial charge in [0.1, 0.15) is 12.6 Å². The Balaban J connectivity index is 1.89. The number of carbonyl (C=O) groups excluding carboxylic acids is 2. The van der Waals surface area contributed by atoms with E-state index in [1.165, 1.54) is 11.3 Å². The van der Waals surface area contributed by atoms with Crippen LogP contribution in [0.4, 0.5) is 5.69 Å². The average molecular weight is 534 g/mol. The van der Waals surface area contributed by atoms with Gasteiger partial charge >= 0.3 is 0 Å². The van der Waals surface area contributed by atoms with Crippen molar-refractivity contribution in [2.24, 2.45) is 0 Å². The second-order valence-electron chi connectivity index (χ2n) is 9.42. The first-order valence-electron chi connectivity index (χ1n) is 12.5. The first kappa shape index (κ1) is 28.0. The Bertz CT molecular complexity index is 1170. The summed E-state index contributed by atoms with van der Waals surface area (Å²) in [7, 11) is -3.76. The van der Waals surface area contributed by atoms with Gasteiger partial charge in [0, 0.05) is 17.6 Å². The standard InChI is InChI=1S/C27H36ClN3O4S/c1-4-22-12-8-9-16-25(22)31(36(3,34)35)19-26(32)30(18-21-11-10-13-23(28)17-21)20(2)27(33)29-24-14-6-5-7-15-24/h8-13,16-17,20,24H,4-7,14-15,18-19H2,1-3H3,(H,29,33)/t20-/m0/s1. The van der Waals surface area contributed by atoms with Crippen LogP contribution >= 0.6 is 11.6 Å². The molecule has 0 aromatic heterocycles. The summed E-state index contributed by atoms with van der Waals surface area (Å²) in [4.78, 5) is 28.4. The summed E-state index contributed by atoms with van der Waals surface area (Å²) in [6, 6.07) is 13.6. The van der Waals surface area contributed by atoms with Gasteiger partial charge in [-0.05, 0) is 55.5 Å². The Morgan fingerprint density at radius 1 is 1.08 bits per heavy atom. The fourth-order valence-electron chi connectivity index (χ4n) is 4.63. The second-order valence-corrected chi connectivity index (χ2v) is 11.8. The molecule has 1 aliphatic carbocycles. The molecule has 0 spiro atoms. The van der Waals surface area contributed by atoms with Crippen LogP contribution in [0.25, 0.3) is 0 Å². The molecular weight excluding hydrogens is 498 g/mol. The zero-order valence-corrected chi connectivity index (χ0v) is 22.8. The van der Waals surface area contributed by atoms with Crippen LogP contribution in [-0.2, 0) is 32.6 Å². The number of hydrogen-bond acceptors (Lipinski definition) is 4. The number of amides is 2. The van der Waals surface area contributed by atoms with Crippen molar-refractivity contribution in [2.45, 2.75) is 71.0 Å². The number of benzene rings is 2. The topological polar surface area (TPSA) is 86.8 Å². The molecule has 7 nitrogen and oxygen atoms in total. The lowest BCUT2D eigenvalue weighted by atomic mass is 9.95. The summed E-state index contributed by atoms with van der Waals surface area (Å²) >= 11 is 6.17. The molecular formula is C27H36ClN3O4S. The number of anilines is 1. The Morgan fingerprint density at radius 2 is 1.78 bits per heavy atom. The molecule has 196 valence electrons. The highest BCUT2D eigenvalue weighted by Gasteiger charge is 2.31. The highest BCUT2D eigenvalue weighted by Crippen LogP contribution is 2.24. The van der Waals surface area contributed by atoms with Crippen LogP contribution in [0.2, 0.25) is 5.02 Å². The minimum atomic E-state index is -3.76. The van der Waals surface area contributed by atoms with E-state index in [0.717, 1.165) is 47.4 Å². The van der Waals surface area contributed by atoms with Crippen LogP contribution in [0, 0.1) is 0 Å². The molecule has 0 bridgehead atoms. The quantitative estimate of drug-likeness (QED) is 0.486. The van der Waals surface area contributed by atoms with E-state index in [2.05, 4.69) is 5.32 Å². The van der Waals surface area contributed by atoms with Crippen molar-refractivity contribution in [1.29, 1.82) is 0 Å². The molecule has 1 fully saturated rings. The second kappa shape index (κ2) is 12.6. The molecule has 0 saturated heterocycles. The SMILES string of the molecule is CCc1ccccc1N(CC(=O)N(Cc1cccc(Cl)c1)[C@@H](C)C(=O)NC1CCCCC1)S(C)(=O)=O. The van der Waals surface area contributed by atoms with Gasteiger partial charge in [0.15, 0.2) is 0 Å². The third-order valence-corrected chi connectivity index (χ3v) is 8.04. The van der Waals surface area contributed by atoms with E-state index in [1.807, 2.05) is 25.1 Å². The molecule has 3 rings (SSSR count). The van der Waals surface area contributed by atoms with Gasteiger partial charge < -0.3 is 10.2 Å². The number of nitrogens with zero attached hydrogens (tertiary/aromatic N) is 2. The zero-order chi connectivity index (χ0) is 26.3. The lowest BCUT2D eigenvalue weighted by Crippen LogP contribution is -2.53. The summed E-state index contributed by atoms with van der Waals surface area (Å²) in [5.41, 5.74) is 2.05. The Morgan fingerprint density at radius 3 is 2.42 bits per heavy atom. The minimum absolute atomic E-state index is 0.0979. The lowest BCUT2D eigenvalue weighted by Gasteiger charge is -2.33. The van der Waals surface area contributed by atoms with Crippen LogP contribution in [0.1, 0.15) is 57.1 Å². The van der Waals surface area contributed by atoms with Crippen molar-refractivity contribution in [2.75, 3.05) is 17.1 Å². The van der Waals surface area contributed by atoms with Gasteiger partial charge in [-0.1, -0.05) is 68.1 Å². The van der Waals surface area contributed by atoms with E-state index in [9.17, 15) is 18.0 Å². The molecule has 1 aliphatic rings. The molecule has 0 aliphatic heterocycles. The van der Waals surface area contributed by atoms with Crippen LogP contribution in [0.5, 0.6) is 0 Å². The molecule has 2 aromatic rings. The number of para-hydroxylation sites is 1. The van der Waals surface area contributed by atoms with Crippen LogP contribution < -0.4 is 9.62 Å². The third-order valence-electron chi connectivity index (χ3n) is 6.68. The van der Waals surface area contributed by atoms with Crippen molar-refractivity contribution >= 4 is 39.1 Å². The predicted octanol–water partition coefficient (Wildman–Crippen LogP) is 4.53. The smallest absolute Gasteiger partial charge is 0.244 e. The fraction of sp³-hybridized carbons (Fsp3) is 0.481. The summed E-state index contributed by atoms with van der Waals surface area (Å²) < 4.78 is 26.7. The largest absolute Gasteiger partial charge is 0.352 e. The molecule has 9 heteroatoms. The maximum Gasteiger partial charge on any atom is 0.244 e. The molecule has 0 heterocycles. The number of sulfonamides is 1. The summed E-state index contributed by atoms with van der Waals surface area (Å²) in [5.74, 6) is -0.699. The lowest BCUT2D eigenvalue weighted by molar-refractivity contribution is -0.139. The van der Waals surface area contributed by atoms with Gasteiger partial charge in [-0.15, -0.1) is 0 Å². The number of rotatable bonds is 10. The number of carbonyl (C=O) groups is 2. The van der Waals surface area contributed by atoms with Gasteiger partial charge in [0.2, 0.25) is 21.8 Å². The highest BCUT2D eigenvalue weighted by molar-refractivity contribution is 7.92. The van der Waals surface area contributed by atoms with Gasteiger partial charge in [0.25, 0.3) is 0 Å². The molecule has 2 aromatic carbocycles. The summed E-state index contributed by atoms with van der Waals surface area (Å²) in [6.07, 6.45) is 6.87. The third kappa shape index (κ3) is 7.46. The number of halogens is 1. The fourth-order valence-corrected chi connectivity index (χ4v) is 5.72. The van der Waals surface area contributed by atoms with Crippen molar-refractivity contribution in [3.05, 3.63) is 64.7 Å². The monoisotopic (exact) mass is 533 g/mol. The summed E-state index contributed by atoms with van der Waals surface area (Å²) in [6.45, 7) is 3.35. The highest BCUT2D eigenvalue weighted by atomic mass is 35.5. The van der Waals surface area contributed by atoms with Crippen molar-refractivity contribution < 1.29 is 18.0 Å². The van der Waals surface area contributed by atoms with Gasteiger partial charge in [-0.2, -0.15) is 0 Å². The molecule has 0 unspecified atom stereocenters. The number of nitrogens with one attached hydrogen (secondary N) is 1. The van der Waals surface area contributed by atoms with E-state index in [1.54, 1.807) is 37.3 Å². The molecule has 1 saturated carbocycles. The molecule has 1 N–H and O–H groups in total. The number of aryl methyl sites for hydroxylation is 1. The van der Waals surface area contributed by atoms with Gasteiger partial charge in [-0.3, -0.25) is 13.9 Å². The number of hydrogen-bond donors (Lipinski definition) is 1. The first-order chi connectivity index (χ1) is 17.1.